The molecule has 4 N–H and O–H groups in total. The molecule has 4 aromatic carbocycles. The third-order valence-electron chi connectivity index (χ3n) is 5.10. The zero-order chi connectivity index (χ0) is 26.9. The van der Waals surface area contributed by atoms with E-state index in [-0.39, 0.29) is 11.4 Å². The first-order valence-corrected chi connectivity index (χ1v) is 12.6. The molecular formula is C28H26MoN2O6. The fourth-order valence-corrected chi connectivity index (χ4v) is 3.34. The van der Waals surface area contributed by atoms with Gasteiger partial charge < -0.3 is 20.6 Å². The van der Waals surface area contributed by atoms with Crippen molar-refractivity contribution >= 4 is 11.4 Å². The quantitative estimate of drug-likeness (QED) is 0.110. The molecule has 0 radical (unpaired) electrons. The van der Waals surface area contributed by atoms with Crippen molar-refractivity contribution in [2.24, 2.45) is 10.3 Å². The summed E-state index contributed by atoms with van der Waals surface area (Å²) in [6.07, 6.45) is -1.85. The molecule has 0 aromatic heterocycles. The standard InChI is InChI=1S/2C14H13NO2.Mo.2O/c2*16-14(12-9-5-2-6-10-12)13(15-17)11-7-3-1-4-8-11;;;/h2*1-10,14,16-17H;;;. The molecule has 0 saturated heterocycles. The van der Waals surface area contributed by atoms with Gasteiger partial charge in [-0.05, 0) is 11.1 Å². The third kappa shape index (κ3) is 9.20. The molecule has 0 aliphatic rings. The molecule has 4 aromatic rings. The Morgan fingerprint density at radius 3 is 1.00 bits per heavy atom. The summed E-state index contributed by atoms with van der Waals surface area (Å²) in [5.74, 6) is 0. The second kappa shape index (κ2) is 16.7. The number of oxime groups is 2. The molecule has 0 fully saturated rings. The Balaban J connectivity index is 0.000000235. The average molecular weight is 582 g/mol. The average Bonchev–Trinajstić information content (AvgIpc) is 2.96. The Bertz CT molecular complexity index is 1180. The van der Waals surface area contributed by atoms with Crippen LogP contribution in [-0.2, 0) is 25.3 Å². The van der Waals surface area contributed by atoms with Crippen molar-refractivity contribution in [2.75, 3.05) is 0 Å². The van der Waals surface area contributed by atoms with Gasteiger partial charge in [0.2, 0.25) is 0 Å². The van der Waals surface area contributed by atoms with Gasteiger partial charge in [-0.15, -0.1) is 0 Å². The Morgan fingerprint density at radius 1 is 0.514 bits per heavy atom. The summed E-state index contributed by atoms with van der Waals surface area (Å²) < 4.78 is 17.0. The molecule has 190 valence electrons. The minimum absolute atomic E-state index is 0.247. The van der Waals surface area contributed by atoms with Crippen LogP contribution in [0.25, 0.3) is 0 Å². The van der Waals surface area contributed by atoms with Crippen LogP contribution in [0.1, 0.15) is 34.5 Å². The van der Waals surface area contributed by atoms with Crippen molar-refractivity contribution in [2.45, 2.75) is 12.2 Å². The van der Waals surface area contributed by atoms with E-state index in [2.05, 4.69) is 10.3 Å². The number of nitrogens with zero attached hydrogens (tertiary/aromatic N) is 2. The van der Waals surface area contributed by atoms with Crippen LogP contribution in [-0.4, -0.2) is 32.1 Å². The van der Waals surface area contributed by atoms with Crippen LogP contribution in [0, 0.1) is 0 Å². The van der Waals surface area contributed by atoms with E-state index >= 15 is 0 Å². The summed E-state index contributed by atoms with van der Waals surface area (Å²) in [4.78, 5) is 0. The van der Waals surface area contributed by atoms with Crippen LogP contribution in [0.3, 0.4) is 0 Å². The first-order valence-electron chi connectivity index (χ1n) is 11.0. The van der Waals surface area contributed by atoms with E-state index in [9.17, 15) is 10.2 Å². The van der Waals surface area contributed by atoms with Gasteiger partial charge in [0.05, 0.1) is 0 Å². The fourth-order valence-electron chi connectivity index (χ4n) is 3.34. The van der Waals surface area contributed by atoms with Gasteiger partial charge in [0, 0.05) is 11.1 Å². The van der Waals surface area contributed by atoms with E-state index in [0.29, 0.717) is 22.3 Å². The Labute approximate surface area is 223 Å². The molecule has 8 nitrogen and oxygen atoms in total. The van der Waals surface area contributed by atoms with E-state index in [1.54, 1.807) is 48.5 Å². The van der Waals surface area contributed by atoms with Gasteiger partial charge in [-0.1, -0.05) is 132 Å². The molecule has 9 heteroatoms. The van der Waals surface area contributed by atoms with Crippen LogP contribution in [0.15, 0.2) is 132 Å². The summed E-state index contributed by atoms with van der Waals surface area (Å²) >= 11 is -2.03. The molecule has 2 unspecified atom stereocenters. The van der Waals surface area contributed by atoms with E-state index in [1.807, 2.05) is 72.8 Å². The number of hydrogen-bond donors (Lipinski definition) is 4. The maximum absolute atomic E-state index is 10.1. The summed E-state index contributed by atoms with van der Waals surface area (Å²) in [7, 11) is 0. The molecule has 0 amide bonds. The molecule has 37 heavy (non-hydrogen) atoms. The third-order valence-corrected chi connectivity index (χ3v) is 5.10. The molecule has 0 saturated carbocycles. The molecule has 4 rings (SSSR count). The Hall–Kier alpha value is -3.97. The van der Waals surface area contributed by atoms with E-state index in [4.69, 9.17) is 17.2 Å². The van der Waals surface area contributed by atoms with Crippen LogP contribution in [0.5, 0.6) is 0 Å². The zero-order valence-electron chi connectivity index (χ0n) is 19.6. The van der Waals surface area contributed by atoms with Crippen LogP contribution in [0.4, 0.5) is 0 Å². The number of hydrogen-bond acceptors (Lipinski definition) is 8. The Kier molecular flexibility index (Phi) is 13.2. The van der Waals surface area contributed by atoms with Crippen LogP contribution in [0.2, 0.25) is 0 Å². The van der Waals surface area contributed by atoms with Crippen LogP contribution >= 0.6 is 0 Å². The topological polar surface area (TPSA) is 140 Å². The SMILES string of the molecule is ON=C(c1ccccc1)C(O)c1ccccc1.ON=C(c1ccccc1)C(O)c1ccccc1.[O]=[Mo]=[O]. The van der Waals surface area contributed by atoms with Gasteiger partial charge in [0.15, 0.2) is 0 Å². The predicted octanol–water partition coefficient (Wildman–Crippen LogP) is 4.96. The second-order valence-electron chi connectivity index (χ2n) is 7.40. The van der Waals surface area contributed by atoms with Gasteiger partial charge >= 0.3 is 25.3 Å². The summed E-state index contributed by atoms with van der Waals surface area (Å²) in [6.45, 7) is 0. The minimum atomic E-state index is -2.03. The zero-order valence-corrected chi connectivity index (χ0v) is 21.6. The first kappa shape index (κ1) is 29.3. The number of aliphatic hydroxyl groups excluding tert-OH is 2. The predicted molar refractivity (Wildman–Crippen MR) is 134 cm³/mol. The van der Waals surface area contributed by atoms with E-state index in [1.165, 1.54) is 0 Å². The first-order chi connectivity index (χ1) is 18.1. The number of aliphatic hydroxyl groups is 2. The van der Waals surface area contributed by atoms with E-state index in [0.717, 1.165) is 0 Å². The molecular weight excluding hydrogens is 556 g/mol. The summed E-state index contributed by atoms with van der Waals surface area (Å²) in [6, 6.07) is 36.5. The van der Waals surface area contributed by atoms with Gasteiger partial charge in [-0.2, -0.15) is 0 Å². The summed E-state index contributed by atoms with van der Waals surface area (Å²) in [5, 5.41) is 44.8. The molecule has 2 atom stereocenters. The molecule has 0 aliphatic carbocycles. The van der Waals surface area contributed by atoms with Crippen molar-refractivity contribution in [3.63, 3.8) is 0 Å². The molecule has 0 heterocycles. The van der Waals surface area contributed by atoms with Crippen molar-refractivity contribution in [3.05, 3.63) is 144 Å². The van der Waals surface area contributed by atoms with Crippen molar-refractivity contribution < 1.29 is 45.9 Å². The molecule has 0 aliphatic heterocycles. The molecule has 0 spiro atoms. The van der Waals surface area contributed by atoms with Crippen LogP contribution < -0.4 is 0 Å². The molecule has 0 bridgehead atoms. The van der Waals surface area contributed by atoms with Gasteiger partial charge in [0.1, 0.15) is 23.6 Å². The maximum atomic E-state index is 10.1. The normalized spacial score (nSPS) is 12.6. The number of rotatable bonds is 6. The van der Waals surface area contributed by atoms with Gasteiger partial charge in [-0.3, -0.25) is 0 Å². The monoisotopic (exact) mass is 584 g/mol. The fraction of sp³-hybridized carbons (Fsp3) is 0.0714. The van der Waals surface area contributed by atoms with Crippen molar-refractivity contribution in [1.82, 2.24) is 0 Å². The van der Waals surface area contributed by atoms with E-state index < -0.39 is 30.7 Å². The summed E-state index contributed by atoms with van der Waals surface area (Å²) in [5.41, 5.74) is 3.29. The number of benzene rings is 4. The second-order valence-corrected chi connectivity index (χ2v) is 7.73. The van der Waals surface area contributed by atoms with Gasteiger partial charge in [-0.25, -0.2) is 0 Å². The van der Waals surface area contributed by atoms with Gasteiger partial charge in [0.25, 0.3) is 0 Å². The van der Waals surface area contributed by atoms with Crippen molar-refractivity contribution in [3.8, 4) is 0 Å². The Morgan fingerprint density at radius 2 is 0.757 bits per heavy atom. The van der Waals surface area contributed by atoms with Crippen molar-refractivity contribution in [1.29, 1.82) is 0 Å².